The molecule has 1 spiro atoms. The van der Waals surface area contributed by atoms with Crippen LogP contribution in [0.2, 0.25) is 0 Å². The molecule has 4 rings (SSSR count). The second kappa shape index (κ2) is 6.76. The molecule has 4 heterocycles. The van der Waals surface area contributed by atoms with E-state index in [0.29, 0.717) is 38.6 Å². The monoisotopic (exact) mass is 375 g/mol. The van der Waals surface area contributed by atoms with Gasteiger partial charge < -0.3 is 23.8 Å². The maximum absolute atomic E-state index is 13.2. The third-order valence-electron chi connectivity index (χ3n) is 5.62. The highest BCUT2D eigenvalue weighted by Gasteiger charge is 2.67. The Morgan fingerprint density at radius 2 is 2.33 bits per heavy atom. The Morgan fingerprint density at radius 1 is 1.52 bits per heavy atom. The Labute approximate surface area is 158 Å². The van der Waals surface area contributed by atoms with Crippen molar-refractivity contribution in [2.75, 3.05) is 33.4 Å². The van der Waals surface area contributed by atoms with E-state index in [2.05, 4.69) is 5.16 Å². The third-order valence-corrected chi connectivity index (χ3v) is 5.62. The molecule has 2 saturated heterocycles. The van der Waals surface area contributed by atoms with Crippen LogP contribution in [0.4, 0.5) is 0 Å². The first-order valence-electron chi connectivity index (χ1n) is 9.36. The number of hydrogen-bond donors (Lipinski definition) is 0. The standard InChI is InChI=1S/C19H25N3O5/c1-4-25-8-7-22-11-19-6-5-14(26-19)15(16(19)18(22)24)17(23)21(3)10-13-9-12(2)20-27-13/h5-6,9,14-16H,4,7-8,10-11H2,1-3H3/t14-,15?,16?,19-/m0/s1. The van der Waals surface area contributed by atoms with Crippen LogP contribution in [0, 0.1) is 18.8 Å². The number of carbonyl (C=O) groups excluding carboxylic acids is 2. The highest BCUT2D eigenvalue weighted by atomic mass is 16.5. The molecule has 146 valence electrons. The molecule has 2 unspecified atom stereocenters. The van der Waals surface area contributed by atoms with Gasteiger partial charge in [0.2, 0.25) is 11.8 Å². The number of aryl methyl sites for hydroxylation is 1. The number of carbonyl (C=O) groups is 2. The molecule has 1 aromatic rings. The predicted molar refractivity (Wildman–Crippen MR) is 94.5 cm³/mol. The zero-order chi connectivity index (χ0) is 19.2. The van der Waals surface area contributed by atoms with Crippen LogP contribution in [0.15, 0.2) is 22.7 Å². The molecular weight excluding hydrogens is 350 g/mol. The fraction of sp³-hybridized carbons (Fsp3) is 0.632. The van der Waals surface area contributed by atoms with E-state index in [1.807, 2.05) is 26.0 Å². The van der Waals surface area contributed by atoms with Crippen molar-refractivity contribution >= 4 is 11.8 Å². The molecule has 0 aliphatic carbocycles. The summed E-state index contributed by atoms with van der Waals surface area (Å²) in [7, 11) is 1.72. The summed E-state index contributed by atoms with van der Waals surface area (Å²) < 4.78 is 16.7. The van der Waals surface area contributed by atoms with E-state index in [1.165, 1.54) is 0 Å². The second-order valence-electron chi connectivity index (χ2n) is 7.49. The molecule has 4 atom stereocenters. The topological polar surface area (TPSA) is 85.1 Å². The number of likely N-dealkylation sites (tertiary alicyclic amines) is 1. The average molecular weight is 375 g/mol. The summed E-state index contributed by atoms with van der Waals surface area (Å²) >= 11 is 0. The van der Waals surface area contributed by atoms with Gasteiger partial charge in [-0.05, 0) is 13.8 Å². The van der Waals surface area contributed by atoms with Gasteiger partial charge in [-0.1, -0.05) is 17.3 Å². The van der Waals surface area contributed by atoms with Gasteiger partial charge in [0.25, 0.3) is 0 Å². The smallest absolute Gasteiger partial charge is 0.230 e. The van der Waals surface area contributed by atoms with E-state index in [9.17, 15) is 9.59 Å². The van der Waals surface area contributed by atoms with E-state index >= 15 is 0 Å². The van der Waals surface area contributed by atoms with Crippen LogP contribution in [0.1, 0.15) is 18.4 Å². The fourth-order valence-electron chi connectivity index (χ4n) is 4.43. The lowest BCUT2D eigenvalue weighted by Crippen LogP contribution is -2.44. The maximum atomic E-state index is 13.2. The van der Waals surface area contributed by atoms with Gasteiger partial charge in [0.1, 0.15) is 5.60 Å². The van der Waals surface area contributed by atoms with E-state index in [-0.39, 0.29) is 17.9 Å². The Balaban J connectivity index is 1.49. The van der Waals surface area contributed by atoms with Gasteiger partial charge >= 0.3 is 0 Å². The van der Waals surface area contributed by atoms with Crippen molar-refractivity contribution in [2.45, 2.75) is 32.1 Å². The van der Waals surface area contributed by atoms with Gasteiger partial charge in [-0.2, -0.15) is 0 Å². The third kappa shape index (κ3) is 2.96. The predicted octanol–water partition coefficient (Wildman–Crippen LogP) is 0.760. The lowest BCUT2D eigenvalue weighted by molar-refractivity contribution is -0.143. The normalized spacial score (nSPS) is 31.0. The zero-order valence-corrected chi connectivity index (χ0v) is 15.9. The molecule has 0 saturated carbocycles. The Bertz CT molecular complexity index is 775. The minimum atomic E-state index is -0.683. The zero-order valence-electron chi connectivity index (χ0n) is 15.9. The van der Waals surface area contributed by atoms with Crippen LogP contribution in [0.3, 0.4) is 0 Å². The van der Waals surface area contributed by atoms with Crippen molar-refractivity contribution < 1.29 is 23.6 Å². The van der Waals surface area contributed by atoms with Gasteiger partial charge in [-0.15, -0.1) is 0 Å². The highest BCUT2D eigenvalue weighted by molar-refractivity contribution is 5.93. The molecule has 0 N–H and O–H groups in total. The molecule has 3 aliphatic heterocycles. The van der Waals surface area contributed by atoms with Crippen LogP contribution in [-0.2, 0) is 25.6 Å². The number of hydrogen-bond acceptors (Lipinski definition) is 6. The van der Waals surface area contributed by atoms with Gasteiger partial charge in [0.15, 0.2) is 5.76 Å². The summed E-state index contributed by atoms with van der Waals surface area (Å²) in [6.45, 7) is 6.17. The summed E-state index contributed by atoms with van der Waals surface area (Å²) in [5.74, 6) is -0.489. The molecule has 0 aromatic carbocycles. The lowest BCUT2D eigenvalue weighted by Gasteiger charge is -2.27. The van der Waals surface area contributed by atoms with Crippen molar-refractivity contribution in [1.82, 2.24) is 15.0 Å². The Hall–Kier alpha value is -2.19. The molecule has 1 aromatic heterocycles. The first kappa shape index (κ1) is 18.2. The van der Waals surface area contributed by atoms with Gasteiger partial charge in [0, 0.05) is 26.3 Å². The van der Waals surface area contributed by atoms with Crippen LogP contribution in [-0.4, -0.2) is 71.8 Å². The molecule has 2 bridgehead atoms. The van der Waals surface area contributed by atoms with E-state index < -0.39 is 17.4 Å². The second-order valence-corrected chi connectivity index (χ2v) is 7.49. The van der Waals surface area contributed by atoms with Gasteiger partial charge in [-0.25, -0.2) is 0 Å². The molecule has 8 heteroatoms. The van der Waals surface area contributed by atoms with Crippen molar-refractivity contribution in [3.05, 3.63) is 29.7 Å². The summed E-state index contributed by atoms with van der Waals surface area (Å²) in [6, 6.07) is 1.80. The Kier molecular flexibility index (Phi) is 4.55. The molecule has 2 fully saturated rings. The number of fused-ring (bicyclic) bond motifs is 1. The first-order chi connectivity index (χ1) is 12.9. The van der Waals surface area contributed by atoms with Crippen molar-refractivity contribution in [3.63, 3.8) is 0 Å². The summed E-state index contributed by atoms with van der Waals surface area (Å²) in [6.07, 6.45) is 3.54. The van der Waals surface area contributed by atoms with Crippen LogP contribution in [0.25, 0.3) is 0 Å². The molecular formula is C19H25N3O5. The molecule has 3 aliphatic rings. The number of aromatic nitrogens is 1. The fourth-order valence-corrected chi connectivity index (χ4v) is 4.43. The number of ether oxygens (including phenoxy) is 2. The van der Waals surface area contributed by atoms with Crippen molar-refractivity contribution in [2.24, 2.45) is 11.8 Å². The van der Waals surface area contributed by atoms with Gasteiger partial charge in [-0.3, -0.25) is 9.59 Å². The largest absolute Gasteiger partial charge is 0.380 e. The average Bonchev–Trinajstić information content (AvgIpc) is 3.37. The maximum Gasteiger partial charge on any atom is 0.230 e. The van der Waals surface area contributed by atoms with Crippen LogP contribution >= 0.6 is 0 Å². The lowest BCUT2D eigenvalue weighted by atomic mass is 9.76. The minimum absolute atomic E-state index is 0.0242. The van der Waals surface area contributed by atoms with Crippen molar-refractivity contribution in [3.8, 4) is 0 Å². The molecule has 0 radical (unpaired) electrons. The SMILES string of the molecule is CCOCCN1C[C@]23C=C[C@H](O2)C(C(=O)N(C)Cc2cc(C)no2)C3C1=O. The molecule has 8 nitrogen and oxygen atoms in total. The molecule has 27 heavy (non-hydrogen) atoms. The van der Waals surface area contributed by atoms with Gasteiger partial charge in [0.05, 0.1) is 43.3 Å². The van der Waals surface area contributed by atoms with E-state index in [0.717, 1.165) is 5.69 Å². The number of amides is 2. The minimum Gasteiger partial charge on any atom is -0.380 e. The first-order valence-corrected chi connectivity index (χ1v) is 9.36. The Morgan fingerprint density at radius 3 is 3.04 bits per heavy atom. The summed E-state index contributed by atoms with van der Waals surface area (Å²) in [5, 5.41) is 3.85. The van der Waals surface area contributed by atoms with Crippen LogP contribution < -0.4 is 0 Å². The van der Waals surface area contributed by atoms with E-state index in [1.54, 1.807) is 22.9 Å². The number of nitrogens with zero attached hydrogens (tertiary/aromatic N) is 3. The van der Waals surface area contributed by atoms with Crippen LogP contribution in [0.5, 0.6) is 0 Å². The summed E-state index contributed by atoms with van der Waals surface area (Å²) in [4.78, 5) is 29.5. The molecule has 2 amide bonds. The summed E-state index contributed by atoms with van der Waals surface area (Å²) in [5.41, 5.74) is 0.0877. The van der Waals surface area contributed by atoms with Crippen molar-refractivity contribution in [1.29, 1.82) is 0 Å². The number of rotatable bonds is 7. The van der Waals surface area contributed by atoms with E-state index in [4.69, 9.17) is 14.0 Å². The highest BCUT2D eigenvalue weighted by Crippen LogP contribution is 2.52. The quantitative estimate of drug-likeness (QED) is 0.517.